The average molecular weight is 1640 g/mol. The summed E-state index contributed by atoms with van der Waals surface area (Å²) < 4.78 is 31.4. The smallest absolute Gasteiger partial charge is 0.410 e. The summed E-state index contributed by atoms with van der Waals surface area (Å²) in [5.41, 5.74) is 7.74. The molecule has 6 aliphatic carbocycles. The van der Waals surface area contributed by atoms with Gasteiger partial charge in [-0.1, -0.05) is 104 Å². The number of phenols is 1. The van der Waals surface area contributed by atoms with Crippen molar-refractivity contribution >= 4 is 65.0 Å². The number of nitrogens with two attached hydrogens (primary N) is 1. The Labute approximate surface area is 679 Å². The molecular formula is C85H88ClN9O23. The Morgan fingerprint density at radius 2 is 1.25 bits per heavy atom. The van der Waals surface area contributed by atoms with Crippen molar-refractivity contribution < 1.29 is 113 Å². The standard InChI is InChI=1S/C85H88ClN9O23/c1-35(2)20-57(95(3)84(111)114-34-52-48-10-6-4-8-46(48)47-9-5-7-11-49(47)52)77(105)93-69-71(100)40-15-19-58(55(86)27-40)116-60-29-43-28-59(75(60)118-83-74(103)73(102)72(101)61(33-96)117-83)115-45-16-12-38(13-17-45)70(99)68-82(110)92-67(80(108)89-64-41-22-36-21-37(24-41)25-42(64)23-36)51-30-44(97)31-54-63(51)50-26-39(14-18-53(50)85(54,112)113)65(78(106)94-68)91-79(107)66(43)90-76(104)56(32-62(87)98)88-81(69)109/h4-19,26-31,35-37,41-42,52,56-57,61,64-74,83,96-97,99-103,112-113H,20-25,32-34H2,1-3H3,(H2,87,98)(H,88,109)(H,89,108)(H,90,104)(H,91,107)(H,92,110)(H,93,105)(H,94,106)/t36?,37?,41?,42?,56-,57+,61+,64?,65+,66+,67-,68-,69+,70+,71+,72+,73-,74+,83-/m0/s1. The maximum absolute atomic E-state index is 16.3. The minimum atomic E-state index is -2.96. The lowest BCUT2D eigenvalue weighted by Crippen LogP contribution is -2.60. The number of benzene rings is 7. The molecule has 19 rings (SSSR count). The number of nitrogens with zero attached hydrogens (tertiary/aromatic N) is 1. The number of aromatic hydroxyl groups is 1. The second-order valence-corrected chi connectivity index (χ2v) is 32.9. The quantitative estimate of drug-likeness (QED) is 0.0688. The van der Waals surface area contributed by atoms with E-state index in [1.165, 1.54) is 67.7 Å². The first-order valence-electron chi connectivity index (χ1n) is 39.1. The zero-order valence-corrected chi connectivity index (χ0v) is 64.6. The van der Waals surface area contributed by atoms with Gasteiger partial charge in [-0.3, -0.25) is 43.3 Å². The molecule has 118 heavy (non-hydrogen) atoms. The number of rotatable bonds is 14. The van der Waals surface area contributed by atoms with E-state index in [-0.39, 0.29) is 104 Å². The molecule has 0 spiro atoms. The molecule has 0 unspecified atom stereocenters. The van der Waals surface area contributed by atoms with Gasteiger partial charge in [0.1, 0.15) is 103 Å². The summed E-state index contributed by atoms with van der Waals surface area (Å²) in [6.07, 6.45) is -11.6. The number of aliphatic hydroxyl groups excluding tert-OH is 6. The molecule has 6 aliphatic heterocycles. The third kappa shape index (κ3) is 15.0. The number of carbonyl (C=O) groups is 9. The molecule has 7 aromatic carbocycles. The van der Waals surface area contributed by atoms with Crippen molar-refractivity contribution in [3.8, 4) is 56.8 Å². The van der Waals surface area contributed by atoms with E-state index in [0.717, 1.165) is 83.5 Å². The predicted molar refractivity (Wildman–Crippen MR) is 415 cm³/mol. The van der Waals surface area contributed by atoms with Crippen LogP contribution in [0.2, 0.25) is 5.02 Å². The van der Waals surface area contributed by atoms with Crippen molar-refractivity contribution in [2.24, 2.45) is 35.3 Å². The summed E-state index contributed by atoms with van der Waals surface area (Å²) >= 11 is 7.14. The summed E-state index contributed by atoms with van der Waals surface area (Å²) in [7, 11) is 1.31. The molecule has 14 atom stereocenters. The minimum absolute atomic E-state index is 0.0622. The Kier molecular flexibility index (Phi) is 21.7. The minimum Gasteiger partial charge on any atom is -0.508 e. The molecule has 18 N–H and O–H groups in total. The Balaban J connectivity index is 0.812. The molecule has 618 valence electrons. The van der Waals surface area contributed by atoms with Gasteiger partial charge in [-0.25, -0.2) is 4.79 Å². The molecule has 0 aromatic heterocycles. The molecule has 12 aliphatic rings. The fourth-order valence-corrected chi connectivity index (χ4v) is 19.0. The molecule has 9 amide bonds. The topological polar surface area (TPSA) is 495 Å². The van der Waals surface area contributed by atoms with E-state index in [9.17, 15) is 55.5 Å². The van der Waals surface area contributed by atoms with Gasteiger partial charge in [0.2, 0.25) is 65.1 Å². The number of carbonyl (C=O) groups excluding carboxylic acids is 9. The van der Waals surface area contributed by atoms with E-state index in [0.29, 0.717) is 11.8 Å². The second-order valence-electron chi connectivity index (χ2n) is 32.5. The first-order chi connectivity index (χ1) is 56.4. The number of phenolic OH excluding ortho intramolecular Hbond substituents is 1. The molecule has 5 fully saturated rings. The Morgan fingerprint density at radius 3 is 1.91 bits per heavy atom. The van der Waals surface area contributed by atoms with E-state index >= 15 is 33.6 Å². The van der Waals surface area contributed by atoms with Gasteiger partial charge in [0.15, 0.2) is 11.5 Å². The van der Waals surface area contributed by atoms with Crippen molar-refractivity contribution in [2.45, 2.75) is 162 Å². The highest BCUT2D eigenvalue weighted by Gasteiger charge is 2.53. The van der Waals surface area contributed by atoms with Gasteiger partial charge >= 0.3 is 6.09 Å². The number of halogens is 1. The van der Waals surface area contributed by atoms with Crippen LogP contribution in [0.25, 0.3) is 22.3 Å². The lowest BCUT2D eigenvalue weighted by Gasteiger charge is -2.54. The number of amides is 9. The van der Waals surface area contributed by atoms with E-state index in [2.05, 4.69) is 37.2 Å². The second kappa shape index (κ2) is 31.9. The number of primary amides is 1. The van der Waals surface area contributed by atoms with E-state index < -0.39 is 186 Å². The van der Waals surface area contributed by atoms with Gasteiger partial charge in [0, 0.05) is 30.1 Å². The Bertz CT molecular complexity index is 5150. The lowest BCUT2D eigenvalue weighted by atomic mass is 9.54. The highest BCUT2D eigenvalue weighted by atomic mass is 35.5. The fraction of sp³-hybridized carbons (Fsp3) is 0.400. The maximum Gasteiger partial charge on any atom is 0.410 e. The first-order valence-corrected chi connectivity index (χ1v) is 39.5. The number of hydrogen-bond acceptors (Lipinski definition) is 23. The van der Waals surface area contributed by atoms with Gasteiger partial charge < -0.3 is 113 Å². The van der Waals surface area contributed by atoms with E-state index in [1.807, 2.05) is 48.5 Å². The summed E-state index contributed by atoms with van der Waals surface area (Å²) in [4.78, 5) is 138. The van der Waals surface area contributed by atoms with Gasteiger partial charge in [-0.15, -0.1) is 0 Å². The Morgan fingerprint density at radius 1 is 0.627 bits per heavy atom. The molecular weight excluding hydrogens is 1550 g/mol. The number of nitrogens with one attached hydrogen (secondary N) is 7. The zero-order valence-electron chi connectivity index (χ0n) is 63.8. The number of fused-ring (bicyclic) bond motifs is 15. The number of hydrogen-bond donors (Lipinski definition) is 17. The fourth-order valence-electron chi connectivity index (χ4n) is 18.7. The molecule has 33 heteroatoms. The normalized spacial score (nSPS) is 28.6. The van der Waals surface area contributed by atoms with Crippen molar-refractivity contribution in [1.82, 2.24) is 42.1 Å². The van der Waals surface area contributed by atoms with Crippen molar-refractivity contribution in [2.75, 3.05) is 20.3 Å². The van der Waals surface area contributed by atoms with Crippen LogP contribution >= 0.6 is 11.6 Å². The molecule has 0 radical (unpaired) electrons. The molecule has 4 saturated carbocycles. The largest absolute Gasteiger partial charge is 0.508 e. The van der Waals surface area contributed by atoms with Gasteiger partial charge in [0.25, 0.3) is 0 Å². The monoisotopic (exact) mass is 1640 g/mol. The van der Waals surface area contributed by atoms with Crippen LogP contribution in [-0.4, -0.2) is 185 Å². The molecule has 7 aromatic rings. The third-order valence-electron chi connectivity index (χ3n) is 24.4. The van der Waals surface area contributed by atoms with Crippen LogP contribution < -0.4 is 57.2 Å². The summed E-state index contributed by atoms with van der Waals surface area (Å²) in [6.45, 7) is 2.44. The van der Waals surface area contributed by atoms with E-state index in [4.69, 9.17) is 41.0 Å². The van der Waals surface area contributed by atoms with Gasteiger partial charge in [0.05, 0.1) is 18.1 Å². The van der Waals surface area contributed by atoms with Crippen LogP contribution in [0.3, 0.4) is 0 Å². The highest BCUT2D eigenvalue weighted by molar-refractivity contribution is 6.32. The summed E-state index contributed by atoms with van der Waals surface area (Å²) in [6, 6.07) is 17.5. The van der Waals surface area contributed by atoms with Crippen LogP contribution in [0, 0.1) is 29.6 Å². The van der Waals surface area contributed by atoms with Crippen LogP contribution in [0.4, 0.5) is 4.79 Å². The van der Waals surface area contributed by atoms with Crippen LogP contribution in [0.15, 0.2) is 133 Å². The molecule has 6 heterocycles. The third-order valence-corrected chi connectivity index (χ3v) is 24.7. The van der Waals surface area contributed by atoms with Crippen LogP contribution in [0.1, 0.15) is 145 Å². The van der Waals surface area contributed by atoms with Gasteiger partial charge in [-0.2, -0.15) is 0 Å². The Hall–Kier alpha value is -11.3. The highest BCUT2D eigenvalue weighted by Crippen LogP contribution is 2.56. The van der Waals surface area contributed by atoms with E-state index in [1.54, 1.807) is 13.8 Å². The molecule has 15 bridgehead atoms. The predicted octanol–water partition coefficient (Wildman–Crippen LogP) is 3.82. The lowest BCUT2D eigenvalue weighted by molar-refractivity contribution is -0.277. The van der Waals surface area contributed by atoms with Gasteiger partial charge in [-0.05, 0) is 184 Å². The van der Waals surface area contributed by atoms with Crippen LogP contribution in [-0.2, 0) is 53.6 Å². The molecule has 1 saturated heterocycles. The zero-order chi connectivity index (χ0) is 83.4. The number of ether oxygens (including phenoxy) is 5. The first kappa shape index (κ1) is 80.5. The van der Waals surface area contributed by atoms with Crippen molar-refractivity contribution in [3.05, 3.63) is 189 Å². The van der Waals surface area contributed by atoms with Crippen molar-refractivity contribution in [3.63, 3.8) is 0 Å². The molecule has 32 nitrogen and oxygen atoms in total. The maximum atomic E-state index is 16.3. The summed E-state index contributed by atoms with van der Waals surface area (Å²) in [5, 5.41) is 124. The SMILES string of the molecule is CC(C)C[C@H](C(=O)N[C@H]1C(=O)N[C@@H](CC(N)=O)C(=O)N[C@H]2C(=O)N[C@H]3C(=O)N[C@H](C(=O)N[C@H](C(=O)NC4C5CC6CC(C5)CC4C6)c4cc(O)cc5c4-c4cc3ccc4C5(O)O)[C@H](O)c3ccc(cc3)Oc3cc2cc(c3O[C@@H]2O[C@H](CO)[C@@H](O)[C@H](O)[C@H]2O)Oc2ccc(cc2Cl)[C@H]1O)N(C)C(=O)OCC1c2ccccc2-c2ccccc21. The van der Waals surface area contributed by atoms with Crippen LogP contribution in [0.5, 0.6) is 34.5 Å². The summed E-state index contributed by atoms with van der Waals surface area (Å²) in [5.74, 6) is -15.0. The average Bonchev–Trinajstić information content (AvgIpc) is 1.54. The number of aliphatic hydroxyl groups is 8. The van der Waals surface area contributed by atoms with Crippen molar-refractivity contribution in [1.29, 1.82) is 0 Å². The number of likely N-dealkylation sites (N-methyl/N-ethyl adjacent to an activating group) is 1.